The largest absolute Gasteiger partial charge is 0.494 e. The van der Waals surface area contributed by atoms with Gasteiger partial charge in [-0.1, -0.05) is 0 Å². The van der Waals surface area contributed by atoms with Gasteiger partial charge in [0, 0.05) is 25.4 Å². The zero-order valence-corrected chi connectivity index (χ0v) is 16.9. The Balaban J connectivity index is 1.65. The fraction of sp³-hybridized carbons (Fsp3) is 0.350. The van der Waals surface area contributed by atoms with Crippen molar-refractivity contribution in [3.05, 3.63) is 53.0 Å². The number of aromatic nitrogens is 4. The fourth-order valence-electron chi connectivity index (χ4n) is 2.87. The van der Waals surface area contributed by atoms with Crippen molar-refractivity contribution in [3.63, 3.8) is 0 Å². The highest BCUT2D eigenvalue weighted by Crippen LogP contribution is 2.27. The van der Waals surface area contributed by atoms with Gasteiger partial charge in [0.25, 0.3) is 0 Å². The maximum atomic E-state index is 14.3. The highest BCUT2D eigenvalue weighted by molar-refractivity contribution is 5.48. The van der Waals surface area contributed by atoms with Gasteiger partial charge in [-0.3, -0.25) is 4.68 Å². The van der Waals surface area contributed by atoms with E-state index in [1.165, 1.54) is 32.5 Å². The Morgan fingerprint density at radius 2 is 1.90 bits per heavy atom. The molecule has 0 bridgehead atoms. The summed E-state index contributed by atoms with van der Waals surface area (Å²) in [6.07, 6.45) is 4.14. The number of ether oxygens (including phenoxy) is 2. The van der Waals surface area contributed by atoms with Crippen molar-refractivity contribution in [1.82, 2.24) is 19.7 Å². The van der Waals surface area contributed by atoms with Crippen LogP contribution in [0.2, 0.25) is 0 Å². The molecule has 0 spiro atoms. The molecule has 0 aliphatic rings. The topological polar surface area (TPSA) is 94.3 Å². The molecule has 10 heteroatoms. The normalized spacial score (nSPS) is 10.9. The lowest BCUT2D eigenvalue weighted by molar-refractivity contribution is 0.285. The van der Waals surface area contributed by atoms with Crippen molar-refractivity contribution < 1.29 is 23.4 Å². The summed E-state index contributed by atoms with van der Waals surface area (Å²) in [6.45, 7) is 1.30. The SMILES string of the molecule is COc1cc(C)c(F)c(COc2cnc(Nc3cc(CCCO)n(C)n3)nc2)c1F. The van der Waals surface area contributed by atoms with Crippen LogP contribution in [0, 0.1) is 18.6 Å². The lowest BCUT2D eigenvalue weighted by Crippen LogP contribution is -2.06. The van der Waals surface area contributed by atoms with E-state index in [-0.39, 0.29) is 35.8 Å². The second kappa shape index (κ2) is 9.49. The average molecular weight is 419 g/mol. The Hall–Kier alpha value is -3.27. The molecule has 0 saturated heterocycles. The van der Waals surface area contributed by atoms with Gasteiger partial charge in [-0.15, -0.1) is 0 Å². The molecule has 160 valence electrons. The van der Waals surface area contributed by atoms with Crippen molar-refractivity contribution in [2.45, 2.75) is 26.4 Å². The Morgan fingerprint density at radius 3 is 2.57 bits per heavy atom. The molecule has 0 atom stereocenters. The summed E-state index contributed by atoms with van der Waals surface area (Å²) in [5, 5.41) is 16.2. The first-order valence-corrected chi connectivity index (χ1v) is 9.30. The van der Waals surface area contributed by atoms with Gasteiger partial charge in [0.05, 0.1) is 25.1 Å². The van der Waals surface area contributed by atoms with E-state index < -0.39 is 11.6 Å². The average Bonchev–Trinajstić information content (AvgIpc) is 3.09. The van der Waals surface area contributed by atoms with Crippen LogP contribution >= 0.6 is 0 Å². The summed E-state index contributed by atoms with van der Waals surface area (Å²) < 4.78 is 40.7. The molecular weight excluding hydrogens is 396 g/mol. The van der Waals surface area contributed by atoms with E-state index in [1.54, 1.807) is 4.68 Å². The smallest absolute Gasteiger partial charge is 0.228 e. The number of hydrogen-bond acceptors (Lipinski definition) is 7. The number of rotatable bonds is 9. The fourth-order valence-corrected chi connectivity index (χ4v) is 2.87. The molecule has 3 aromatic rings. The van der Waals surface area contributed by atoms with Gasteiger partial charge in [0.2, 0.25) is 5.95 Å². The molecule has 0 saturated carbocycles. The molecule has 0 fully saturated rings. The van der Waals surface area contributed by atoms with Gasteiger partial charge < -0.3 is 19.9 Å². The molecule has 30 heavy (non-hydrogen) atoms. The van der Waals surface area contributed by atoms with Gasteiger partial charge in [-0.25, -0.2) is 18.7 Å². The number of benzene rings is 1. The zero-order chi connectivity index (χ0) is 21.7. The van der Waals surface area contributed by atoms with Crippen molar-refractivity contribution >= 4 is 11.8 Å². The van der Waals surface area contributed by atoms with Gasteiger partial charge in [-0.05, 0) is 31.4 Å². The minimum atomic E-state index is -0.799. The third-order valence-electron chi connectivity index (χ3n) is 4.48. The molecule has 0 unspecified atom stereocenters. The molecule has 1 aromatic carbocycles. The van der Waals surface area contributed by atoms with Crippen LogP contribution in [-0.4, -0.2) is 38.6 Å². The second-order valence-electron chi connectivity index (χ2n) is 6.63. The molecule has 2 N–H and O–H groups in total. The third-order valence-corrected chi connectivity index (χ3v) is 4.48. The minimum Gasteiger partial charge on any atom is -0.494 e. The first kappa shape index (κ1) is 21.4. The summed E-state index contributed by atoms with van der Waals surface area (Å²) in [6, 6.07) is 3.14. The van der Waals surface area contributed by atoms with Crippen LogP contribution < -0.4 is 14.8 Å². The van der Waals surface area contributed by atoms with Crippen molar-refractivity contribution in [2.75, 3.05) is 19.0 Å². The standard InChI is InChI=1S/C20H23F2N5O3/c1-12-7-16(29-3)19(22)15(18(12)21)11-30-14-9-23-20(24-10-14)25-17-8-13(5-4-6-28)27(2)26-17/h7-10,28H,4-6,11H2,1-3H3,(H,23,24,25,26). The number of aryl methyl sites for hydroxylation is 3. The molecule has 0 radical (unpaired) electrons. The monoisotopic (exact) mass is 419 g/mol. The predicted octanol–water partition coefficient (Wildman–Crippen LogP) is 3.05. The van der Waals surface area contributed by atoms with Crippen LogP contribution in [0.25, 0.3) is 0 Å². The van der Waals surface area contributed by atoms with Crippen molar-refractivity contribution in [1.29, 1.82) is 0 Å². The van der Waals surface area contributed by atoms with Gasteiger partial charge in [0.1, 0.15) is 12.4 Å². The van der Waals surface area contributed by atoms with Crippen LogP contribution in [0.5, 0.6) is 11.5 Å². The zero-order valence-electron chi connectivity index (χ0n) is 16.9. The number of aliphatic hydroxyl groups excluding tert-OH is 1. The van der Waals surface area contributed by atoms with E-state index >= 15 is 0 Å². The molecular formula is C20H23F2N5O3. The predicted molar refractivity (Wildman–Crippen MR) is 106 cm³/mol. The van der Waals surface area contributed by atoms with E-state index in [2.05, 4.69) is 20.4 Å². The molecule has 3 rings (SSSR count). The number of methoxy groups -OCH3 is 1. The van der Waals surface area contributed by atoms with Crippen LogP contribution in [0.1, 0.15) is 23.2 Å². The maximum Gasteiger partial charge on any atom is 0.228 e. The molecule has 2 aromatic heterocycles. The lowest BCUT2D eigenvalue weighted by atomic mass is 10.1. The van der Waals surface area contributed by atoms with Crippen LogP contribution in [0.3, 0.4) is 0 Å². The summed E-state index contributed by atoms with van der Waals surface area (Å²) in [5.41, 5.74) is 0.999. The van der Waals surface area contributed by atoms with E-state index in [1.807, 2.05) is 13.1 Å². The van der Waals surface area contributed by atoms with Crippen molar-refractivity contribution in [2.24, 2.45) is 7.05 Å². The maximum absolute atomic E-state index is 14.3. The number of nitrogens with one attached hydrogen (secondary N) is 1. The van der Waals surface area contributed by atoms with Crippen molar-refractivity contribution in [3.8, 4) is 11.5 Å². The van der Waals surface area contributed by atoms with Gasteiger partial charge >= 0.3 is 0 Å². The van der Waals surface area contributed by atoms with Crippen LogP contribution in [0.4, 0.5) is 20.5 Å². The number of aliphatic hydroxyl groups is 1. The summed E-state index contributed by atoms with van der Waals surface area (Å²) in [7, 11) is 3.13. The quantitative estimate of drug-likeness (QED) is 0.551. The number of nitrogens with zero attached hydrogens (tertiary/aromatic N) is 4. The highest BCUT2D eigenvalue weighted by atomic mass is 19.1. The summed E-state index contributed by atoms with van der Waals surface area (Å²) >= 11 is 0. The number of halogens is 2. The molecule has 0 amide bonds. The minimum absolute atomic E-state index is 0.0444. The Labute approximate surface area is 172 Å². The Bertz CT molecular complexity index is 1010. The van der Waals surface area contributed by atoms with E-state index in [9.17, 15) is 8.78 Å². The number of anilines is 2. The summed E-state index contributed by atoms with van der Waals surface area (Å²) in [4.78, 5) is 8.27. The Morgan fingerprint density at radius 1 is 1.17 bits per heavy atom. The molecule has 0 aliphatic heterocycles. The number of hydrogen-bond donors (Lipinski definition) is 2. The first-order chi connectivity index (χ1) is 14.4. The van der Waals surface area contributed by atoms with Crippen LogP contribution in [0.15, 0.2) is 24.5 Å². The van der Waals surface area contributed by atoms with Gasteiger partial charge in [-0.2, -0.15) is 5.10 Å². The van der Waals surface area contributed by atoms with Crippen LogP contribution in [-0.2, 0) is 20.1 Å². The first-order valence-electron chi connectivity index (χ1n) is 9.30. The molecule has 0 aliphatic carbocycles. The third kappa shape index (κ3) is 4.82. The van der Waals surface area contributed by atoms with E-state index in [0.29, 0.717) is 24.6 Å². The second-order valence-corrected chi connectivity index (χ2v) is 6.63. The van der Waals surface area contributed by atoms with E-state index in [0.717, 1.165) is 5.69 Å². The Kier molecular flexibility index (Phi) is 6.78. The van der Waals surface area contributed by atoms with Gasteiger partial charge in [0.15, 0.2) is 23.1 Å². The molecule has 8 nitrogen and oxygen atoms in total. The highest BCUT2D eigenvalue weighted by Gasteiger charge is 2.18. The summed E-state index contributed by atoms with van der Waals surface area (Å²) in [5.74, 6) is -0.410. The molecule has 2 heterocycles. The van der Waals surface area contributed by atoms with E-state index in [4.69, 9.17) is 14.6 Å². The lowest BCUT2D eigenvalue weighted by Gasteiger charge is -2.12.